The molecule has 0 spiro atoms. The third-order valence-corrected chi connectivity index (χ3v) is 4.89. The van der Waals surface area contributed by atoms with Crippen molar-refractivity contribution in [2.75, 3.05) is 13.1 Å². The van der Waals surface area contributed by atoms with E-state index in [4.69, 9.17) is 23.2 Å². The Kier molecular flexibility index (Phi) is 6.15. The zero-order valence-electron chi connectivity index (χ0n) is 14.9. The van der Waals surface area contributed by atoms with Crippen molar-refractivity contribution in [1.29, 1.82) is 0 Å². The summed E-state index contributed by atoms with van der Waals surface area (Å²) < 4.78 is 0. The molecule has 3 nitrogen and oxygen atoms in total. The number of piperidine rings is 1. The van der Waals surface area contributed by atoms with Crippen molar-refractivity contribution in [3.63, 3.8) is 0 Å². The fourth-order valence-electron chi connectivity index (χ4n) is 2.96. The highest BCUT2D eigenvalue weighted by molar-refractivity contribution is 6.30. The number of carbonyl (C=O) groups excluding carboxylic acids is 2. The number of carbonyl (C=O) groups is 2. The minimum Gasteiger partial charge on any atom is -0.334 e. The number of rotatable bonds is 3. The Morgan fingerprint density at radius 1 is 0.889 bits per heavy atom. The topological polar surface area (TPSA) is 37.4 Å². The van der Waals surface area contributed by atoms with Crippen molar-refractivity contribution in [1.82, 2.24) is 4.90 Å². The molecule has 0 atom stereocenters. The molecule has 1 saturated heterocycles. The summed E-state index contributed by atoms with van der Waals surface area (Å²) in [5.41, 5.74) is 2.93. The Morgan fingerprint density at radius 3 is 1.67 bits per heavy atom. The molecule has 3 rings (SSSR count). The van der Waals surface area contributed by atoms with Gasteiger partial charge in [0.1, 0.15) is 0 Å². The maximum atomic E-state index is 13.0. The quantitative estimate of drug-likeness (QED) is 0.658. The van der Waals surface area contributed by atoms with Crippen LogP contribution >= 0.6 is 23.2 Å². The standard InChI is InChI=1S/C22H19Cl2NO2/c1-2-21(26)25-13-17(11-15-3-7-19(23)8-4-15)22(27)18(14-25)12-16-5-9-20(24)10-6-16/h3-12H,2,13-14H2,1H3/b17-11-,18-12+. The lowest BCUT2D eigenvalue weighted by molar-refractivity contribution is -0.131. The number of halogens is 2. The molecule has 0 aromatic heterocycles. The first kappa shape index (κ1) is 19.4. The van der Waals surface area contributed by atoms with Gasteiger partial charge in [-0.15, -0.1) is 0 Å². The van der Waals surface area contributed by atoms with E-state index in [2.05, 4.69) is 0 Å². The fourth-order valence-corrected chi connectivity index (χ4v) is 3.21. The number of hydrogen-bond acceptors (Lipinski definition) is 2. The summed E-state index contributed by atoms with van der Waals surface area (Å²) in [5.74, 6) is -0.0217. The van der Waals surface area contributed by atoms with Crippen LogP contribution in [0.1, 0.15) is 24.5 Å². The molecule has 1 aliphatic rings. The van der Waals surface area contributed by atoms with Gasteiger partial charge in [-0.3, -0.25) is 9.59 Å². The van der Waals surface area contributed by atoms with Gasteiger partial charge in [0.15, 0.2) is 5.78 Å². The third kappa shape index (κ3) is 4.88. The lowest BCUT2D eigenvalue weighted by Gasteiger charge is -2.29. The normalized spacial score (nSPS) is 17.6. The first-order valence-electron chi connectivity index (χ1n) is 8.71. The molecule has 2 aromatic carbocycles. The highest BCUT2D eigenvalue weighted by Crippen LogP contribution is 2.23. The van der Waals surface area contributed by atoms with E-state index in [1.54, 1.807) is 29.2 Å². The lowest BCUT2D eigenvalue weighted by Crippen LogP contribution is -2.41. The van der Waals surface area contributed by atoms with Crippen LogP contribution in [0.4, 0.5) is 0 Å². The Morgan fingerprint density at radius 2 is 1.30 bits per heavy atom. The second-order valence-corrected chi connectivity index (χ2v) is 7.25. The zero-order chi connectivity index (χ0) is 19.4. The van der Waals surface area contributed by atoms with Crippen molar-refractivity contribution in [3.05, 3.63) is 80.8 Å². The molecule has 27 heavy (non-hydrogen) atoms. The van der Waals surface area contributed by atoms with Gasteiger partial charge in [0, 0.05) is 40.7 Å². The average Bonchev–Trinajstić information content (AvgIpc) is 2.67. The van der Waals surface area contributed by atoms with Crippen molar-refractivity contribution in [2.45, 2.75) is 13.3 Å². The molecule has 2 aromatic rings. The highest BCUT2D eigenvalue weighted by atomic mass is 35.5. The number of benzene rings is 2. The van der Waals surface area contributed by atoms with Crippen molar-refractivity contribution in [3.8, 4) is 0 Å². The number of nitrogens with zero attached hydrogens (tertiary/aromatic N) is 1. The molecule has 5 heteroatoms. The van der Waals surface area contributed by atoms with Crippen LogP contribution in [-0.4, -0.2) is 29.7 Å². The van der Waals surface area contributed by atoms with Gasteiger partial charge in [0.05, 0.1) is 0 Å². The van der Waals surface area contributed by atoms with E-state index in [1.807, 2.05) is 43.3 Å². The van der Waals surface area contributed by atoms with Gasteiger partial charge in [0.25, 0.3) is 0 Å². The largest absolute Gasteiger partial charge is 0.334 e. The van der Waals surface area contributed by atoms with Crippen molar-refractivity contribution < 1.29 is 9.59 Å². The molecule has 1 fully saturated rings. The molecular formula is C22H19Cl2NO2. The van der Waals surface area contributed by atoms with Crippen LogP contribution in [0.15, 0.2) is 59.7 Å². The number of likely N-dealkylation sites (tertiary alicyclic amines) is 1. The summed E-state index contributed by atoms with van der Waals surface area (Å²) in [6.07, 6.45) is 4.05. The van der Waals surface area contributed by atoms with E-state index in [0.29, 0.717) is 40.7 Å². The SMILES string of the molecule is CCC(=O)N1C/C(=C/c2ccc(Cl)cc2)C(=O)/C(=C/c2ccc(Cl)cc2)C1. The van der Waals surface area contributed by atoms with Gasteiger partial charge in [-0.25, -0.2) is 0 Å². The second-order valence-electron chi connectivity index (χ2n) is 6.37. The van der Waals surface area contributed by atoms with Gasteiger partial charge in [0.2, 0.25) is 5.91 Å². The van der Waals surface area contributed by atoms with Crippen LogP contribution < -0.4 is 0 Å². The molecule has 0 bridgehead atoms. The first-order chi connectivity index (χ1) is 13.0. The van der Waals surface area contributed by atoms with E-state index >= 15 is 0 Å². The van der Waals surface area contributed by atoms with Gasteiger partial charge < -0.3 is 4.90 Å². The summed E-state index contributed by atoms with van der Waals surface area (Å²) in [4.78, 5) is 27.0. The van der Waals surface area contributed by atoms with E-state index in [9.17, 15) is 9.59 Å². The monoisotopic (exact) mass is 399 g/mol. The molecule has 1 heterocycles. The number of amides is 1. The van der Waals surface area contributed by atoms with Gasteiger partial charge in [-0.1, -0.05) is 54.4 Å². The van der Waals surface area contributed by atoms with Crippen LogP contribution in [-0.2, 0) is 9.59 Å². The van der Waals surface area contributed by atoms with E-state index < -0.39 is 0 Å². The summed E-state index contributed by atoms with van der Waals surface area (Å²) >= 11 is 11.9. The molecule has 1 aliphatic heterocycles. The highest BCUT2D eigenvalue weighted by Gasteiger charge is 2.28. The van der Waals surface area contributed by atoms with Crippen LogP contribution in [0.2, 0.25) is 10.0 Å². The maximum absolute atomic E-state index is 13.0. The van der Waals surface area contributed by atoms with E-state index in [1.165, 1.54) is 0 Å². The summed E-state index contributed by atoms with van der Waals surface area (Å²) in [6.45, 7) is 2.45. The molecular weight excluding hydrogens is 381 g/mol. The Balaban J connectivity index is 1.97. The molecule has 0 radical (unpaired) electrons. The number of hydrogen-bond donors (Lipinski definition) is 0. The molecule has 0 aliphatic carbocycles. The van der Waals surface area contributed by atoms with Gasteiger partial charge in [-0.2, -0.15) is 0 Å². The van der Waals surface area contributed by atoms with Crippen LogP contribution in [0, 0.1) is 0 Å². The molecule has 138 valence electrons. The second kappa shape index (κ2) is 8.55. The van der Waals surface area contributed by atoms with Gasteiger partial charge >= 0.3 is 0 Å². The first-order valence-corrected chi connectivity index (χ1v) is 9.46. The smallest absolute Gasteiger partial charge is 0.222 e. The zero-order valence-corrected chi connectivity index (χ0v) is 16.4. The molecule has 1 amide bonds. The summed E-state index contributed by atoms with van der Waals surface area (Å²) in [7, 11) is 0. The van der Waals surface area contributed by atoms with Crippen LogP contribution in [0.5, 0.6) is 0 Å². The van der Waals surface area contributed by atoms with E-state index in [0.717, 1.165) is 11.1 Å². The molecule has 0 unspecified atom stereocenters. The fraction of sp³-hybridized carbons (Fsp3) is 0.182. The van der Waals surface area contributed by atoms with Gasteiger partial charge in [-0.05, 0) is 47.5 Å². The summed E-state index contributed by atoms with van der Waals surface area (Å²) in [5, 5.41) is 1.27. The van der Waals surface area contributed by atoms with Crippen LogP contribution in [0.3, 0.4) is 0 Å². The maximum Gasteiger partial charge on any atom is 0.222 e. The Labute approximate surface area is 168 Å². The summed E-state index contributed by atoms with van der Waals surface area (Å²) in [6, 6.07) is 14.5. The molecule has 0 saturated carbocycles. The minimum absolute atomic E-state index is 0.0199. The minimum atomic E-state index is -0.0416. The lowest BCUT2D eigenvalue weighted by atomic mass is 9.94. The average molecular weight is 400 g/mol. The predicted molar refractivity (Wildman–Crippen MR) is 111 cm³/mol. The Bertz CT molecular complexity index is 845. The number of ketones is 1. The van der Waals surface area contributed by atoms with Crippen molar-refractivity contribution >= 4 is 47.0 Å². The predicted octanol–water partition coefficient (Wildman–Crippen LogP) is 5.28. The number of Topliss-reactive ketones (excluding diaryl/α,β-unsaturated/α-hetero) is 1. The molecule has 0 N–H and O–H groups in total. The third-order valence-electron chi connectivity index (χ3n) is 4.38. The van der Waals surface area contributed by atoms with Crippen molar-refractivity contribution in [2.24, 2.45) is 0 Å². The van der Waals surface area contributed by atoms with Crippen LogP contribution in [0.25, 0.3) is 12.2 Å². The van der Waals surface area contributed by atoms with E-state index in [-0.39, 0.29) is 11.7 Å². The Hall–Kier alpha value is -2.36.